The van der Waals surface area contributed by atoms with Gasteiger partial charge in [-0.3, -0.25) is 0 Å². The predicted octanol–water partition coefficient (Wildman–Crippen LogP) is 2.94. The number of halogens is 1. The minimum Gasteiger partial charge on any atom is -0.465 e. The second-order valence-electron chi connectivity index (χ2n) is 2.43. The molecule has 0 aliphatic carbocycles. The lowest BCUT2D eigenvalue weighted by Crippen LogP contribution is -1.98. The molecule has 0 fully saturated rings. The van der Waals surface area contributed by atoms with Crippen molar-refractivity contribution in [1.82, 2.24) is 0 Å². The zero-order valence-corrected chi connectivity index (χ0v) is 9.57. The first-order chi connectivity index (χ1) is 6.19. The highest BCUT2D eigenvalue weighted by atomic mass is 79.9. The van der Waals surface area contributed by atoms with Crippen molar-refractivity contribution in [3.63, 3.8) is 0 Å². The Labute approximate surface area is 89.3 Å². The molecule has 0 aliphatic heterocycles. The van der Waals surface area contributed by atoms with Gasteiger partial charge in [0.2, 0.25) is 0 Å². The molecule has 0 radical (unpaired) electrons. The number of ether oxygens (including phenoxy) is 1. The highest BCUT2D eigenvalue weighted by molar-refractivity contribution is 9.09. The molecule has 1 rings (SSSR count). The van der Waals surface area contributed by atoms with E-state index in [4.69, 9.17) is 0 Å². The van der Waals surface area contributed by atoms with Gasteiger partial charge in [0.1, 0.15) is 0 Å². The zero-order valence-electron chi connectivity index (χ0n) is 7.17. The van der Waals surface area contributed by atoms with Crippen molar-refractivity contribution in [3.05, 3.63) is 28.5 Å². The molecule has 4 heteroatoms. The summed E-state index contributed by atoms with van der Waals surface area (Å²) < 4.78 is 4.59. The Bertz CT molecular complexity index is 300. The minimum atomic E-state index is -0.301. The van der Waals surface area contributed by atoms with Crippen LogP contribution in [-0.4, -0.2) is 18.4 Å². The smallest absolute Gasteiger partial charge is 0.338 e. The van der Waals surface area contributed by atoms with Gasteiger partial charge in [-0.15, -0.1) is 11.3 Å². The van der Waals surface area contributed by atoms with Gasteiger partial charge in [0.05, 0.1) is 12.7 Å². The third-order valence-electron chi connectivity index (χ3n) is 1.53. The summed E-state index contributed by atoms with van der Waals surface area (Å²) in [6, 6.07) is 1.79. The van der Waals surface area contributed by atoms with Crippen LogP contribution in [-0.2, 0) is 4.74 Å². The molecule has 0 bridgehead atoms. The fourth-order valence-corrected chi connectivity index (χ4v) is 2.15. The number of thiophene rings is 1. The summed E-state index contributed by atoms with van der Waals surface area (Å²) in [5, 5.41) is 2.49. The summed E-state index contributed by atoms with van der Waals surface area (Å²) in [7, 11) is 1.37. The Kier molecular flexibility index (Phi) is 3.69. The van der Waals surface area contributed by atoms with Crippen molar-refractivity contribution >= 4 is 38.8 Å². The molecule has 70 valence electrons. The summed E-state index contributed by atoms with van der Waals surface area (Å²) in [5.41, 5.74) is 1.56. The lowest BCUT2D eigenvalue weighted by atomic mass is 10.2. The highest BCUT2D eigenvalue weighted by Gasteiger charge is 2.09. The fourth-order valence-electron chi connectivity index (χ4n) is 0.812. The van der Waals surface area contributed by atoms with Gasteiger partial charge in [0, 0.05) is 15.6 Å². The first-order valence-electron chi connectivity index (χ1n) is 3.60. The van der Waals surface area contributed by atoms with Crippen LogP contribution in [0.1, 0.15) is 15.2 Å². The van der Waals surface area contributed by atoms with E-state index >= 15 is 0 Å². The normalized spacial score (nSPS) is 9.69. The molecule has 0 saturated heterocycles. The summed E-state index contributed by atoms with van der Waals surface area (Å²) in [4.78, 5) is 12.1. The lowest BCUT2D eigenvalue weighted by Gasteiger charge is -1.94. The Morgan fingerprint density at radius 3 is 3.00 bits per heavy atom. The first kappa shape index (κ1) is 10.5. The zero-order chi connectivity index (χ0) is 9.84. The minimum absolute atomic E-state index is 0.301. The van der Waals surface area contributed by atoms with E-state index in [0.717, 1.165) is 10.5 Å². The fraction of sp³-hybridized carbons (Fsp3) is 0.222. The number of esters is 1. The van der Waals surface area contributed by atoms with E-state index in [1.54, 1.807) is 11.4 Å². The maximum absolute atomic E-state index is 11.1. The molecule has 0 spiro atoms. The van der Waals surface area contributed by atoms with E-state index in [1.807, 2.05) is 0 Å². The lowest BCUT2D eigenvalue weighted by molar-refractivity contribution is 0.0601. The number of carbonyl (C=O) groups is 1. The summed E-state index contributed by atoms with van der Waals surface area (Å²) in [6.07, 6.45) is 0. The Morgan fingerprint density at radius 1 is 1.77 bits per heavy atom. The van der Waals surface area contributed by atoms with Crippen molar-refractivity contribution in [3.8, 4) is 0 Å². The van der Waals surface area contributed by atoms with Gasteiger partial charge in [0.15, 0.2) is 0 Å². The Hall–Kier alpha value is -0.610. The summed E-state index contributed by atoms with van der Waals surface area (Å²) in [5.74, 6) is -0.301. The van der Waals surface area contributed by atoms with Crippen LogP contribution in [0, 0.1) is 0 Å². The molecule has 0 saturated carbocycles. The molecule has 1 aromatic heterocycles. The molecule has 1 heterocycles. The van der Waals surface area contributed by atoms with Crippen LogP contribution in [0.3, 0.4) is 0 Å². The van der Waals surface area contributed by atoms with Crippen molar-refractivity contribution in [2.45, 2.75) is 0 Å². The van der Waals surface area contributed by atoms with Crippen molar-refractivity contribution in [2.75, 3.05) is 12.4 Å². The van der Waals surface area contributed by atoms with E-state index in [0.29, 0.717) is 10.9 Å². The van der Waals surface area contributed by atoms with Gasteiger partial charge in [-0.2, -0.15) is 0 Å². The van der Waals surface area contributed by atoms with Crippen LogP contribution >= 0.6 is 27.3 Å². The quantitative estimate of drug-likeness (QED) is 0.617. The molecule has 13 heavy (non-hydrogen) atoms. The number of carbonyl (C=O) groups excluding carboxylic acids is 1. The van der Waals surface area contributed by atoms with E-state index in [1.165, 1.54) is 18.4 Å². The van der Waals surface area contributed by atoms with Gasteiger partial charge >= 0.3 is 5.97 Å². The first-order valence-corrected chi connectivity index (χ1v) is 5.60. The Balaban J connectivity index is 2.86. The van der Waals surface area contributed by atoms with Gasteiger partial charge < -0.3 is 4.74 Å². The number of rotatable bonds is 3. The molecule has 2 nitrogen and oxygen atoms in total. The largest absolute Gasteiger partial charge is 0.465 e. The van der Waals surface area contributed by atoms with Crippen LogP contribution in [0.2, 0.25) is 0 Å². The van der Waals surface area contributed by atoms with E-state index < -0.39 is 0 Å². The molecule has 0 N–H and O–H groups in total. The molecule has 1 aromatic rings. The monoisotopic (exact) mass is 260 g/mol. The van der Waals surface area contributed by atoms with Crippen LogP contribution in [0.5, 0.6) is 0 Å². The van der Waals surface area contributed by atoms with E-state index in [9.17, 15) is 4.79 Å². The average molecular weight is 261 g/mol. The molecular formula is C9H9BrO2S. The molecule has 0 aliphatic rings. The van der Waals surface area contributed by atoms with Crippen molar-refractivity contribution < 1.29 is 9.53 Å². The number of hydrogen-bond acceptors (Lipinski definition) is 3. The maximum atomic E-state index is 11.1. The second kappa shape index (κ2) is 4.58. The number of allylic oxidation sites excluding steroid dienone is 1. The third-order valence-corrected chi connectivity index (χ3v) is 3.24. The highest BCUT2D eigenvalue weighted by Crippen LogP contribution is 2.23. The standard InChI is InChI=1S/C9H9BrO2S/c1-6(4-10)8-3-7(5-13-8)9(11)12-2/h3,5H,1,4H2,2H3. The van der Waals surface area contributed by atoms with E-state index in [2.05, 4.69) is 27.2 Å². The number of alkyl halides is 1. The molecular weight excluding hydrogens is 252 g/mol. The third kappa shape index (κ3) is 2.42. The molecule has 0 amide bonds. The van der Waals surface area contributed by atoms with Crippen LogP contribution < -0.4 is 0 Å². The summed E-state index contributed by atoms with van der Waals surface area (Å²) >= 11 is 4.80. The Morgan fingerprint density at radius 2 is 2.46 bits per heavy atom. The van der Waals surface area contributed by atoms with Crippen molar-refractivity contribution in [1.29, 1.82) is 0 Å². The van der Waals surface area contributed by atoms with E-state index in [-0.39, 0.29) is 5.97 Å². The summed E-state index contributed by atoms with van der Waals surface area (Å²) in [6.45, 7) is 3.85. The van der Waals surface area contributed by atoms with Gasteiger partial charge in [-0.05, 0) is 11.6 Å². The van der Waals surface area contributed by atoms with Crippen LogP contribution in [0.25, 0.3) is 5.57 Å². The van der Waals surface area contributed by atoms with Crippen molar-refractivity contribution in [2.24, 2.45) is 0 Å². The topological polar surface area (TPSA) is 26.3 Å². The van der Waals surface area contributed by atoms with Crippen LogP contribution in [0.15, 0.2) is 18.0 Å². The molecule has 0 atom stereocenters. The predicted molar refractivity (Wildman–Crippen MR) is 58.5 cm³/mol. The SMILES string of the molecule is C=C(CBr)c1cc(C(=O)OC)cs1. The molecule has 0 unspecified atom stereocenters. The van der Waals surface area contributed by atoms with Gasteiger partial charge in [-0.25, -0.2) is 4.79 Å². The number of methoxy groups -OCH3 is 1. The molecule has 0 aromatic carbocycles. The van der Waals surface area contributed by atoms with Gasteiger partial charge in [-0.1, -0.05) is 22.5 Å². The number of hydrogen-bond donors (Lipinski definition) is 0. The van der Waals surface area contributed by atoms with Crippen LogP contribution in [0.4, 0.5) is 0 Å². The average Bonchev–Trinajstić information content (AvgIpc) is 2.64. The van der Waals surface area contributed by atoms with Gasteiger partial charge in [0.25, 0.3) is 0 Å². The second-order valence-corrected chi connectivity index (χ2v) is 3.90. The maximum Gasteiger partial charge on any atom is 0.338 e.